The molecule has 1 aromatic carbocycles. The van der Waals surface area contributed by atoms with Crippen LogP contribution in [0.25, 0.3) is 0 Å². The first-order valence-electron chi connectivity index (χ1n) is 8.25. The van der Waals surface area contributed by atoms with Crippen LogP contribution in [0, 0.1) is 6.92 Å². The highest BCUT2D eigenvalue weighted by molar-refractivity contribution is 7.90. The van der Waals surface area contributed by atoms with Crippen molar-refractivity contribution in [3.8, 4) is 0 Å². The van der Waals surface area contributed by atoms with Crippen LogP contribution in [0.15, 0.2) is 35.4 Å². The topological polar surface area (TPSA) is 92.3 Å². The number of hydrogen-bond acceptors (Lipinski definition) is 6. The van der Waals surface area contributed by atoms with Gasteiger partial charge in [-0.3, -0.25) is 4.79 Å². The zero-order chi connectivity index (χ0) is 19.5. The molecule has 1 N–H and O–H groups in total. The van der Waals surface area contributed by atoms with Gasteiger partial charge in [0, 0.05) is 26.5 Å². The summed E-state index contributed by atoms with van der Waals surface area (Å²) in [4.78, 5) is 23.2. The molecule has 0 saturated heterocycles. The lowest BCUT2D eigenvalue weighted by Gasteiger charge is -2.19. The maximum Gasteiger partial charge on any atom is 0.255 e. The van der Waals surface area contributed by atoms with Crippen LogP contribution in [0.1, 0.15) is 41.0 Å². The molecule has 140 valence electrons. The monoisotopic (exact) mass is 376 g/mol. The van der Waals surface area contributed by atoms with Crippen molar-refractivity contribution in [2.24, 2.45) is 0 Å². The number of amides is 1. The predicted octanol–water partition coefficient (Wildman–Crippen LogP) is 2.14. The van der Waals surface area contributed by atoms with Gasteiger partial charge in [0.15, 0.2) is 9.84 Å². The Morgan fingerprint density at radius 1 is 1.23 bits per heavy atom. The Bertz CT molecular complexity index is 893. The van der Waals surface area contributed by atoms with E-state index in [2.05, 4.69) is 15.3 Å². The van der Waals surface area contributed by atoms with Gasteiger partial charge in [0.05, 0.1) is 22.2 Å². The second-order valence-corrected chi connectivity index (χ2v) is 8.35. The van der Waals surface area contributed by atoms with Crippen LogP contribution in [0.5, 0.6) is 0 Å². The molecule has 26 heavy (non-hydrogen) atoms. The quantitative estimate of drug-likeness (QED) is 0.830. The summed E-state index contributed by atoms with van der Waals surface area (Å²) in [6.07, 6.45) is 3.35. The van der Waals surface area contributed by atoms with Gasteiger partial charge in [-0.25, -0.2) is 18.4 Å². The fourth-order valence-corrected chi connectivity index (χ4v) is 3.13. The molecule has 8 heteroatoms. The average Bonchev–Trinajstić information content (AvgIpc) is 2.58. The maximum atomic E-state index is 12.6. The smallest absolute Gasteiger partial charge is 0.255 e. The zero-order valence-corrected chi connectivity index (χ0v) is 16.5. The van der Waals surface area contributed by atoms with Gasteiger partial charge in [0.2, 0.25) is 5.95 Å². The number of aromatic nitrogens is 2. The number of hydrogen-bond donors (Lipinski definition) is 1. The van der Waals surface area contributed by atoms with E-state index in [0.29, 0.717) is 23.6 Å². The SMILES string of the molecule is CC[C@@H](NC(=O)c1cnc(N(C)C)nc1C)c1ccc(S(C)(=O)=O)cc1. The number of nitrogens with zero attached hydrogens (tertiary/aromatic N) is 3. The van der Waals surface area contributed by atoms with Crippen LogP contribution < -0.4 is 10.2 Å². The molecular formula is C18H24N4O3S. The maximum absolute atomic E-state index is 12.6. The Kier molecular flexibility index (Phi) is 5.97. The lowest BCUT2D eigenvalue weighted by Crippen LogP contribution is -2.29. The lowest BCUT2D eigenvalue weighted by atomic mass is 10.0. The summed E-state index contributed by atoms with van der Waals surface area (Å²) in [6.45, 7) is 3.72. The number of sulfone groups is 1. The summed E-state index contributed by atoms with van der Waals surface area (Å²) >= 11 is 0. The molecule has 0 radical (unpaired) electrons. The first-order valence-corrected chi connectivity index (χ1v) is 10.1. The minimum atomic E-state index is -3.24. The van der Waals surface area contributed by atoms with Crippen molar-refractivity contribution in [3.63, 3.8) is 0 Å². The van der Waals surface area contributed by atoms with Crippen LogP contribution in [-0.4, -0.2) is 44.6 Å². The Hall–Kier alpha value is -2.48. The number of anilines is 1. The second-order valence-electron chi connectivity index (χ2n) is 6.34. The highest BCUT2D eigenvalue weighted by Gasteiger charge is 2.18. The fraction of sp³-hybridized carbons (Fsp3) is 0.389. The first kappa shape index (κ1) is 19.8. The van der Waals surface area contributed by atoms with E-state index < -0.39 is 9.84 Å². The van der Waals surface area contributed by atoms with Gasteiger partial charge in [-0.05, 0) is 31.0 Å². The molecule has 7 nitrogen and oxygen atoms in total. The van der Waals surface area contributed by atoms with Gasteiger partial charge in [-0.2, -0.15) is 0 Å². The third-order valence-corrected chi connectivity index (χ3v) is 5.16. The molecule has 0 unspecified atom stereocenters. The molecule has 1 aromatic heterocycles. The summed E-state index contributed by atoms with van der Waals surface area (Å²) in [5.74, 6) is 0.286. The van der Waals surface area contributed by atoms with Gasteiger partial charge in [-0.1, -0.05) is 19.1 Å². The molecule has 0 saturated carbocycles. The van der Waals surface area contributed by atoms with Gasteiger partial charge in [0.1, 0.15) is 0 Å². The Morgan fingerprint density at radius 3 is 2.31 bits per heavy atom. The number of nitrogens with one attached hydrogen (secondary N) is 1. The van der Waals surface area contributed by atoms with Crippen molar-refractivity contribution in [1.29, 1.82) is 0 Å². The van der Waals surface area contributed by atoms with Crippen molar-refractivity contribution < 1.29 is 13.2 Å². The van der Waals surface area contributed by atoms with E-state index in [-0.39, 0.29) is 16.8 Å². The van der Waals surface area contributed by atoms with Crippen LogP contribution >= 0.6 is 0 Å². The Labute approximate surface area is 154 Å². The lowest BCUT2D eigenvalue weighted by molar-refractivity contribution is 0.0934. The molecule has 0 aliphatic carbocycles. The summed E-state index contributed by atoms with van der Waals surface area (Å²) in [5, 5.41) is 2.97. The van der Waals surface area contributed by atoms with E-state index >= 15 is 0 Å². The highest BCUT2D eigenvalue weighted by Crippen LogP contribution is 2.20. The van der Waals surface area contributed by atoms with Crippen LogP contribution in [-0.2, 0) is 9.84 Å². The summed E-state index contributed by atoms with van der Waals surface area (Å²) in [7, 11) is 0.428. The minimum Gasteiger partial charge on any atom is -0.347 e. The molecule has 2 rings (SSSR count). The molecule has 0 bridgehead atoms. The van der Waals surface area contributed by atoms with Gasteiger partial charge >= 0.3 is 0 Å². The van der Waals surface area contributed by atoms with E-state index in [0.717, 1.165) is 5.56 Å². The van der Waals surface area contributed by atoms with Crippen molar-refractivity contribution in [1.82, 2.24) is 15.3 Å². The minimum absolute atomic E-state index is 0.232. The number of benzene rings is 1. The largest absolute Gasteiger partial charge is 0.347 e. The number of carbonyl (C=O) groups excluding carboxylic acids is 1. The predicted molar refractivity (Wildman–Crippen MR) is 101 cm³/mol. The number of aryl methyl sites for hydroxylation is 1. The molecule has 0 aliphatic heterocycles. The normalized spacial score (nSPS) is 12.5. The van der Waals surface area contributed by atoms with Crippen LogP contribution in [0.4, 0.5) is 5.95 Å². The van der Waals surface area contributed by atoms with E-state index in [4.69, 9.17) is 0 Å². The third-order valence-electron chi connectivity index (χ3n) is 4.04. The standard InChI is InChI=1S/C18H24N4O3S/c1-6-16(13-7-9-14(10-8-13)26(5,24)25)21-17(23)15-11-19-18(22(3)4)20-12(15)2/h7-11,16H,6H2,1-5H3,(H,21,23)/t16-/m1/s1. The molecule has 1 amide bonds. The Balaban J connectivity index is 2.21. The summed E-state index contributed by atoms with van der Waals surface area (Å²) in [5.41, 5.74) is 1.86. The Morgan fingerprint density at radius 2 is 1.85 bits per heavy atom. The van der Waals surface area contributed by atoms with Crippen LogP contribution in [0.3, 0.4) is 0 Å². The van der Waals surface area contributed by atoms with Crippen molar-refractivity contribution in [3.05, 3.63) is 47.3 Å². The molecule has 1 atom stereocenters. The highest BCUT2D eigenvalue weighted by atomic mass is 32.2. The number of rotatable bonds is 6. The molecule has 2 aromatic rings. The van der Waals surface area contributed by atoms with Gasteiger partial charge in [-0.15, -0.1) is 0 Å². The molecule has 0 spiro atoms. The fourth-order valence-electron chi connectivity index (χ4n) is 2.50. The van der Waals surface area contributed by atoms with Crippen molar-refractivity contribution in [2.75, 3.05) is 25.3 Å². The number of carbonyl (C=O) groups is 1. The molecule has 1 heterocycles. The average molecular weight is 376 g/mol. The molecule has 0 fully saturated rings. The van der Waals surface area contributed by atoms with E-state index in [1.807, 2.05) is 21.0 Å². The summed E-state index contributed by atoms with van der Waals surface area (Å²) in [6, 6.07) is 6.33. The van der Waals surface area contributed by atoms with E-state index in [1.165, 1.54) is 12.5 Å². The second kappa shape index (κ2) is 7.82. The van der Waals surface area contributed by atoms with Crippen molar-refractivity contribution in [2.45, 2.75) is 31.2 Å². The zero-order valence-electron chi connectivity index (χ0n) is 15.6. The van der Waals surface area contributed by atoms with Crippen molar-refractivity contribution >= 4 is 21.7 Å². The van der Waals surface area contributed by atoms with E-state index in [1.54, 1.807) is 36.1 Å². The van der Waals surface area contributed by atoms with Gasteiger partial charge < -0.3 is 10.2 Å². The van der Waals surface area contributed by atoms with E-state index in [9.17, 15) is 13.2 Å². The third kappa shape index (κ3) is 4.57. The first-order chi connectivity index (χ1) is 12.1. The van der Waals surface area contributed by atoms with Crippen LogP contribution in [0.2, 0.25) is 0 Å². The molecule has 0 aliphatic rings. The van der Waals surface area contributed by atoms with Gasteiger partial charge in [0.25, 0.3) is 5.91 Å². The molecular weight excluding hydrogens is 352 g/mol. The summed E-state index contributed by atoms with van der Waals surface area (Å²) < 4.78 is 23.1.